The van der Waals surface area contributed by atoms with Gasteiger partial charge in [-0.2, -0.15) is 0 Å². The quantitative estimate of drug-likeness (QED) is 0.826. The topological polar surface area (TPSA) is 12.0 Å². The maximum absolute atomic E-state index is 3.67. The van der Waals surface area contributed by atoms with Crippen molar-refractivity contribution in [2.75, 3.05) is 6.54 Å². The molecule has 0 aliphatic heterocycles. The Morgan fingerprint density at radius 1 is 1.22 bits per heavy atom. The van der Waals surface area contributed by atoms with Gasteiger partial charge in [-0.15, -0.1) is 0 Å². The van der Waals surface area contributed by atoms with Crippen molar-refractivity contribution in [2.45, 2.75) is 58.9 Å². The number of hydrogen-bond donors (Lipinski definition) is 1. The van der Waals surface area contributed by atoms with E-state index in [1.165, 1.54) is 49.8 Å². The maximum Gasteiger partial charge on any atom is 0.00699 e. The third-order valence-electron chi connectivity index (χ3n) is 4.24. The van der Waals surface area contributed by atoms with Crippen molar-refractivity contribution in [3.63, 3.8) is 0 Å². The van der Waals surface area contributed by atoms with Crippen LogP contribution in [0.25, 0.3) is 0 Å². The van der Waals surface area contributed by atoms with E-state index in [0.717, 1.165) is 12.0 Å². The van der Waals surface area contributed by atoms with E-state index < -0.39 is 0 Å². The van der Waals surface area contributed by atoms with Gasteiger partial charge in [0.2, 0.25) is 0 Å². The molecule has 18 heavy (non-hydrogen) atoms. The number of rotatable bonds is 5. The molecule has 0 saturated heterocycles. The van der Waals surface area contributed by atoms with Crippen LogP contribution < -0.4 is 5.32 Å². The highest BCUT2D eigenvalue weighted by molar-refractivity contribution is 5.30. The summed E-state index contributed by atoms with van der Waals surface area (Å²) in [6, 6.07) is 7.65. The molecule has 0 aromatic heterocycles. The van der Waals surface area contributed by atoms with Crippen LogP contribution in [0.3, 0.4) is 0 Å². The maximum atomic E-state index is 3.67. The highest BCUT2D eigenvalue weighted by Crippen LogP contribution is 2.29. The lowest BCUT2D eigenvalue weighted by molar-refractivity contribution is 0.483. The van der Waals surface area contributed by atoms with Gasteiger partial charge in [0.1, 0.15) is 0 Å². The Labute approximate surface area is 112 Å². The third kappa shape index (κ3) is 3.58. The predicted octanol–water partition coefficient (Wildman–Crippen LogP) is 4.01. The number of aryl methyl sites for hydroxylation is 2. The highest BCUT2D eigenvalue weighted by atomic mass is 14.9. The second-order valence-electron chi connectivity index (χ2n) is 5.96. The number of nitrogens with one attached hydrogen (secondary N) is 1. The standard InChI is InChI=1S/C17H27N/c1-4-9-18-17-8-7-15(12-17)11-16-10-13(2)5-6-14(16)3/h5-6,10,15,17-18H,4,7-9,11-12H2,1-3H3. The Hall–Kier alpha value is -0.820. The molecular formula is C17H27N. The monoisotopic (exact) mass is 245 g/mol. The van der Waals surface area contributed by atoms with Gasteiger partial charge in [-0.1, -0.05) is 30.7 Å². The van der Waals surface area contributed by atoms with Crippen molar-refractivity contribution >= 4 is 0 Å². The number of benzene rings is 1. The van der Waals surface area contributed by atoms with E-state index in [-0.39, 0.29) is 0 Å². The fourth-order valence-electron chi connectivity index (χ4n) is 3.13. The van der Waals surface area contributed by atoms with Crippen LogP contribution in [0.4, 0.5) is 0 Å². The van der Waals surface area contributed by atoms with E-state index in [2.05, 4.69) is 44.3 Å². The Morgan fingerprint density at radius 2 is 2.06 bits per heavy atom. The molecule has 100 valence electrons. The van der Waals surface area contributed by atoms with E-state index >= 15 is 0 Å². The lowest BCUT2D eigenvalue weighted by atomic mass is 9.93. The van der Waals surface area contributed by atoms with Crippen LogP contribution in [0, 0.1) is 19.8 Å². The SMILES string of the molecule is CCCNC1CCC(Cc2cc(C)ccc2C)C1. The molecule has 2 atom stereocenters. The molecule has 1 aliphatic carbocycles. The third-order valence-corrected chi connectivity index (χ3v) is 4.24. The molecule has 2 unspecified atom stereocenters. The van der Waals surface area contributed by atoms with Crippen molar-refractivity contribution in [2.24, 2.45) is 5.92 Å². The molecule has 2 rings (SSSR count). The van der Waals surface area contributed by atoms with Gasteiger partial charge in [0.05, 0.1) is 0 Å². The van der Waals surface area contributed by atoms with Crippen LogP contribution >= 0.6 is 0 Å². The Morgan fingerprint density at radius 3 is 2.83 bits per heavy atom. The summed E-state index contributed by atoms with van der Waals surface area (Å²) < 4.78 is 0. The van der Waals surface area contributed by atoms with Gasteiger partial charge in [0.15, 0.2) is 0 Å². The Balaban J connectivity index is 1.89. The fourth-order valence-corrected chi connectivity index (χ4v) is 3.13. The van der Waals surface area contributed by atoms with Gasteiger partial charge < -0.3 is 5.32 Å². The van der Waals surface area contributed by atoms with E-state index in [4.69, 9.17) is 0 Å². The van der Waals surface area contributed by atoms with Crippen LogP contribution in [0.5, 0.6) is 0 Å². The summed E-state index contributed by atoms with van der Waals surface area (Å²) in [5.41, 5.74) is 4.43. The Kier molecular flexibility index (Phi) is 4.82. The summed E-state index contributed by atoms with van der Waals surface area (Å²) in [5, 5.41) is 3.67. The molecule has 1 aliphatic rings. The largest absolute Gasteiger partial charge is 0.314 e. The zero-order valence-electron chi connectivity index (χ0n) is 12.1. The van der Waals surface area contributed by atoms with E-state index in [0.29, 0.717) is 0 Å². The molecule has 0 radical (unpaired) electrons. The van der Waals surface area contributed by atoms with Gasteiger partial charge in [-0.05, 0) is 69.5 Å². The van der Waals surface area contributed by atoms with Gasteiger partial charge in [-0.25, -0.2) is 0 Å². The molecule has 1 saturated carbocycles. The van der Waals surface area contributed by atoms with Crippen LogP contribution in [-0.4, -0.2) is 12.6 Å². The minimum atomic E-state index is 0.778. The van der Waals surface area contributed by atoms with Crippen LogP contribution in [0.1, 0.15) is 49.3 Å². The first-order valence-corrected chi connectivity index (χ1v) is 7.48. The highest BCUT2D eigenvalue weighted by Gasteiger charge is 2.24. The molecular weight excluding hydrogens is 218 g/mol. The molecule has 0 amide bonds. The second kappa shape index (κ2) is 6.38. The zero-order chi connectivity index (χ0) is 13.0. The van der Waals surface area contributed by atoms with E-state index in [1.54, 1.807) is 5.56 Å². The fraction of sp³-hybridized carbons (Fsp3) is 0.647. The average molecular weight is 245 g/mol. The van der Waals surface area contributed by atoms with Crippen molar-refractivity contribution in [3.05, 3.63) is 34.9 Å². The van der Waals surface area contributed by atoms with E-state index in [9.17, 15) is 0 Å². The zero-order valence-corrected chi connectivity index (χ0v) is 12.1. The first-order chi connectivity index (χ1) is 8.69. The lowest BCUT2D eigenvalue weighted by Crippen LogP contribution is -2.27. The summed E-state index contributed by atoms with van der Waals surface area (Å²) in [7, 11) is 0. The smallest absolute Gasteiger partial charge is 0.00699 e. The van der Waals surface area contributed by atoms with Crippen LogP contribution in [0.2, 0.25) is 0 Å². The summed E-state index contributed by atoms with van der Waals surface area (Å²) in [6.07, 6.45) is 6.66. The summed E-state index contributed by atoms with van der Waals surface area (Å²) >= 11 is 0. The van der Waals surface area contributed by atoms with Crippen molar-refractivity contribution < 1.29 is 0 Å². The van der Waals surface area contributed by atoms with Gasteiger partial charge >= 0.3 is 0 Å². The minimum absolute atomic E-state index is 0.778. The molecule has 1 nitrogen and oxygen atoms in total. The summed E-state index contributed by atoms with van der Waals surface area (Å²) in [4.78, 5) is 0. The first kappa shape index (κ1) is 13.6. The summed E-state index contributed by atoms with van der Waals surface area (Å²) in [5.74, 6) is 0.889. The van der Waals surface area contributed by atoms with Crippen LogP contribution in [0.15, 0.2) is 18.2 Å². The lowest BCUT2D eigenvalue weighted by Gasteiger charge is -2.14. The van der Waals surface area contributed by atoms with Gasteiger partial charge in [0, 0.05) is 6.04 Å². The van der Waals surface area contributed by atoms with Crippen molar-refractivity contribution in [1.29, 1.82) is 0 Å². The molecule has 1 heteroatoms. The first-order valence-electron chi connectivity index (χ1n) is 7.48. The second-order valence-corrected chi connectivity index (χ2v) is 5.96. The minimum Gasteiger partial charge on any atom is -0.314 e. The molecule has 1 aromatic rings. The van der Waals surface area contributed by atoms with Gasteiger partial charge in [0.25, 0.3) is 0 Å². The van der Waals surface area contributed by atoms with Crippen molar-refractivity contribution in [1.82, 2.24) is 5.32 Å². The molecule has 0 heterocycles. The number of hydrogen-bond acceptors (Lipinski definition) is 1. The summed E-state index contributed by atoms with van der Waals surface area (Å²) in [6.45, 7) is 7.87. The Bertz CT molecular complexity index is 383. The molecule has 1 aromatic carbocycles. The molecule has 1 fully saturated rings. The predicted molar refractivity (Wildman–Crippen MR) is 79.0 cm³/mol. The van der Waals surface area contributed by atoms with Gasteiger partial charge in [-0.3, -0.25) is 0 Å². The molecule has 0 bridgehead atoms. The van der Waals surface area contributed by atoms with Crippen molar-refractivity contribution in [3.8, 4) is 0 Å². The molecule has 0 spiro atoms. The normalized spacial score (nSPS) is 23.5. The average Bonchev–Trinajstić information content (AvgIpc) is 2.79. The van der Waals surface area contributed by atoms with Crippen LogP contribution in [-0.2, 0) is 6.42 Å². The molecule has 1 N–H and O–H groups in total. The van der Waals surface area contributed by atoms with E-state index in [1.807, 2.05) is 0 Å².